The maximum absolute atomic E-state index is 9.56. The molecule has 1 nitrogen and oxygen atoms in total. The molecule has 0 unspecified atom stereocenters. The predicted octanol–water partition coefficient (Wildman–Crippen LogP) is 1.97. The average molecular weight is 152 g/mol. The van der Waals surface area contributed by atoms with Gasteiger partial charge in [-0.05, 0) is 24.2 Å². The highest BCUT2D eigenvalue weighted by Crippen LogP contribution is 2.58. The SMILES string of the molecule is C=C1[C@H]2C[C@@H](C[C@@H]2O)C1(C)C. The van der Waals surface area contributed by atoms with E-state index in [9.17, 15) is 5.11 Å². The van der Waals surface area contributed by atoms with Gasteiger partial charge in [0.1, 0.15) is 0 Å². The zero-order valence-electron chi connectivity index (χ0n) is 7.30. The molecule has 0 spiro atoms. The lowest BCUT2D eigenvalue weighted by molar-refractivity contribution is 0.108. The molecule has 0 aromatic heterocycles. The summed E-state index contributed by atoms with van der Waals surface area (Å²) < 4.78 is 0. The van der Waals surface area contributed by atoms with Crippen LogP contribution < -0.4 is 0 Å². The molecule has 0 aromatic rings. The fraction of sp³-hybridized carbons (Fsp3) is 0.800. The second-order valence-corrected chi connectivity index (χ2v) is 4.59. The first kappa shape index (κ1) is 7.35. The second-order valence-electron chi connectivity index (χ2n) is 4.59. The summed E-state index contributed by atoms with van der Waals surface area (Å²) in [5, 5.41) is 9.56. The Kier molecular flexibility index (Phi) is 1.26. The van der Waals surface area contributed by atoms with Crippen LogP contribution in [0.1, 0.15) is 26.7 Å². The molecule has 0 aromatic carbocycles. The molecule has 0 aliphatic heterocycles. The Morgan fingerprint density at radius 1 is 1.45 bits per heavy atom. The van der Waals surface area contributed by atoms with Gasteiger partial charge in [-0.2, -0.15) is 0 Å². The molecule has 11 heavy (non-hydrogen) atoms. The van der Waals surface area contributed by atoms with Gasteiger partial charge in [0, 0.05) is 5.92 Å². The third-order valence-electron chi connectivity index (χ3n) is 3.82. The fourth-order valence-electron chi connectivity index (χ4n) is 2.72. The fourth-order valence-corrected chi connectivity index (χ4v) is 2.72. The molecule has 2 rings (SSSR count). The summed E-state index contributed by atoms with van der Waals surface area (Å²) in [4.78, 5) is 0. The number of aliphatic hydroxyl groups excluding tert-OH is 1. The summed E-state index contributed by atoms with van der Waals surface area (Å²) >= 11 is 0. The minimum atomic E-state index is -0.0828. The van der Waals surface area contributed by atoms with E-state index in [1.54, 1.807) is 0 Å². The molecule has 0 heterocycles. The quantitative estimate of drug-likeness (QED) is 0.526. The molecule has 2 saturated carbocycles. The van der Waals surface area contributed by atoms with Gasteiger partial charge >= 0.3 is 0 Å². The number of rotatable bonds is 0. The number of aliphatic hydroxyl groups is 1. The van der Waals surface area contributed by atoms with Crippen molar-refractivity contribution in [2.24, 2.45) is 17.3 Å². The predicted molar refractivity (Wildman–Crippen MR) is 45.1 cm³/mol. The van der Waals surface area contributed by atoms with Gasteiger partial charge in [0.25, 0.3) is 0 Å². The van der Waals surface area contributed by atoms with Crippen LogP contribution in [0.5, 0.6) is 0 Å². The summed E-state index contributed by atoms with van der Waals surface area (Å²) in [6, 6.07) is 0. The van der Waals surface area contributed by atoms with E-state index in [-0.39, 0.29) is 6.10 Å². The average Bonchev–Trinajstić information content (AvgIpc) is 2.36. The van der Waals surface area contributed by atoms with E-state index in [4.69, 9.17) is 0 Å². The van der Waals surface area contributed by atoms with Crippen LogP contribution in [-0.4, -0.2) is 11.2 Å². The van der Waals surface area contributed by atoms with Gasteiger partial charge in [-0.3, -0.25) is 0 Å². The molecule has 0 saturated heterocycles. The first-order valence-corrected chi connectivity index (χ1v) is 4.41. The Labute approximate surface area is 68.1 Å². The lowest BCUT2D eigenvalue weighted by Crippen LogP contribution is -2.29. The lowest BCUT2D eigenvalue weighted by atomic mass is 9.73. The maximum atomic E-state index is 9.56. The van der Waals surface area contributed by atoms with E-state index in [0.717, 1.165) is 6.42 Å². The van der Waals surface area contributed by atoms with Crippen LogP contribution in [0.25, 0.3) is 0 Å². The van der Waals surface area contributed by atoms with Crippen molar-refractivity contribution in [1.82, 2.24) is 0 Å². The monoisotopic (exact) mass is 152 g/mol. The molecule has 0 amide bonds. The Bertz CT molecular complexity index is 205. The zero-order valence-corrected chi connectivity index (χ0v) is 7.30. The topological polar surface area (TPSA) is 20.2 Å². The number of fused-ring (bicyclic) bond motifs is 2. The van der Waals surface area contributed by atoms with Gasteiger partial charge in [0.2, 0.25) is 0 Å². The lowest BCUT2D eigenvalue weighted by Gasteiger charge is -2.34. The minimum Gasteiger partial charge on any atom is -0.392 e. The molecule has 2 fully saturated rings. The van der Waals surface area contributed by atoms with E-state index in [1.165, 1.54) is 12.0 Å². The Morgan fingerprint density at radius 3 is 2.45 bits per heavy atom. The molecule has 2 aliphatic carbocycles. The van der Waals surface area contributed by atoms with Crippen LogP contribution in [0.15, 0.2) is 12.2 Å². The molecular formula is C10H16O. The highest BCUT2D eigenvalue weighted by molar-refractivity contribution is 5.25. The smallest absolute Gasteiger partial charge is 0.0608 e. The Hall–Kier alpha value is -0.300. The van der Waals surface area contributed by atoms with Gasteiger partial charge in [-0.1, -0.05) is 26.0 Å². The third kappa shape index (κ3) is 0.750. The van der Waals surface area contributed by atoms with E-state index in [0.29, 0.717) is 17.3 Å². The van der Waals surface area contributed by atoms with Crippen LogP contribution in [0, 0.1) is 17.3 Å². The standard InChI is InChI=1S/C10H16O/c1-6-8-4-7(5-9(8)11)10(6,2)3/h7-9,11H,1,4-5H2,2-3H3/t7-,8+,9-/m0/s1. The highest BCUT2D eigenvalue weighted by Gasteiger charge is 2.52. The molecule has 2 bridgehead atoms. The van der Waals surface area contributed by atoms with E-state index in [2.05, 4.69) is 20.4 Å². The van der Waals surface area contributed by atoms with E-state index in [1.807, 2.05) is 0 Å². The van der Waals surface area contributed by atoms with Crippen molar-refractivity contribution < 1.29 is 5.11 Å². The summed E-state index contributed by atoms with van der Waals surface area (Å²) in [5.41, 5.74) is 1.57. The van der Waals surface area contributed by atoms with Gasteiger partial charge in [-0.25, -0.2) is 0 Å². The Balaban J connectivity index is 2.32. The molecule has 1 N–H and O–H groups in total. The third-order valence-corrected chi connectivity index (χ3v) is 3.82. The second kappa shape index (κ2) is 1.89. The van der Waals surface area contributed by atoms with Crippen molar-refractivity contribution in [1.29, 1.82) is 0 Å². The zero-order chi connectivity index (χ0) is 8.22. The van der Waals surface area contributed by atoms with Crippen molar-refractivity contribution in [3.05, 3.63) is 12.2 Å². The van der Waals surface area contributed by atoms with Crippen LogP contribution in [0.4, 0.5) is 0 Å². The number of hydrogen-bond donors (Lipinski definition) is 1. The molecular weight excluding hydrogens is 136 g/mol. The van der Waals surface area contributed by atoms with Crippen LogP contribution in [-0.2, 0) is 0 Å². The molecule has 0 radical (unpaired) electrons. The minimum absolute atomic E-state index is 0.0828. The van der Waals surface area contributed by atoms with Gasteiger partial charge in [0.15, 0.2) is 0 Å². The van der Waals surface area contributed by atoms with Crippen LogP contribution >= 0.6 is 0 Å². The van der Waals surface area contributed by atoms with Gasteiger partial charge in [-0.15, -0.1) is 0 Å². The largest absolute Gasteiger partial charge is 0.392 e. The van der Waals surface area contributed by atoms with Crippen molar-refractivity contribution in [3.63, 3.8) is 0 Å². The van der Waals surface area contributed by atoms with Gasteiger partial charge in [0.05, 0.1) is 6.10 Å². The van der Waals surface area contributed by atoms with E-state index >= 15 is 0 Å². The highest BCUT2D eigenvalue weighted by atomic mass is 16.3. The normalized spacial score (nSPS) is 46.8. The summed E-state index contributed by atoms with van der Waals surface area (Å²) in [7, 11) is 0. The summed E-state index contributed by atoms with van der Waals surface area (Å²) in [6.07, 6.45) is 2.09. The maximum Gasteiger partial charge on any atom is 0.0608 e. The van der Waals surface area contributed by atoms with Crippen molar-refractivity contribution in [2.75, 3.05) is 0 Å². The summed E-state index contributed by atoms with van der Waals surface area (Å²) in [5.74, 6) is 1.10. The van der Waals surface area contributed by atoms with Crippen molar-refractivity contribution in [3.8, 4) is 0 Å². The molecule has 1 heteroatoms. The molecule has 3 atom stereocenters. The van der Waals surface area contributed by atoms with Crippen molar-refractivity contribution in [2.45, 2.75) is 32.8 Å². The van der Waals surface area contributed by atoms with Crippen LogP contribution in [0.3, 0.4) is 0 Å². The van der Waals surface area contributed by atoms with Crippen molar-refractivity contribution >= 4 is 0 Å². The number of hydrogen-bond acceptors (Lipinski definition) is 1. The molecule has 62 valence electrons. The Morgan fingerprint density at radius 2 is 2.09 bits per heavy atom. The van der Waals surface area contributed by atoms with Crippen LogP contribution in [0.2, 0.25) is 0 Å². The first-order valence-electron chi connectivity index (χ1n) is 4.41. The molecule has 2 aliphatic rings. The van der Waals surface area contributed by atoms with E-state index < -0.39 is 0 Å². The first-order chi connectivity index (χ1) is 5.03. The van der Waals surface area contributed by atoms with Gasteiger partial charge < -0.3 is 5.11 Å². The summed E-state index contributed by atoms with van der Waals surface area (Å²) in [6.45, 7) is 8.59.